The average molecular weight is 279 g/mol. The minimum absolute atomic E-state index is 0.295. The molecule has 19 heavy (non-hydrogen) atoms. The Morgan fingerprint density at radius 2 is 2.26 bits per heavy atom. The predicted octanol–water partition coefficient (Wildman–Crippen LogP) is 2.70. The lowest BCUT2D eigenvalue weighted by Crippen LogP contribution is -2.18. The molecule has 5 nitrogen and oxygen atoms in total. The van der Waals surface area contributed by atoms with Crippen molar-refractivity contribution in [3.63, 3.8) is 0 Å². The predicted molar refractivity (Wildman–Crippen MR) is 76.5 cm³/mol. The molecule has 2 aromatic rings. The zero-order valence-corrected chi connectivity index (χ0v) is 11.5. The molecule has 0 unspecified atom stereocenters. The van der Waals surface area contributed by atoms with Crippen molar-refractivity contribution in [3.05, 3.63) is 40.7 Å². The summed E-state index contributed by atoms with van der Waals surface area (Å²) in [7, 11) is 0. The molecule has 6 heteroatoms. The van der Waals surface area contributed by atoms with Crippen molar-refractivity contribution < 1.29 is 4.79 Å². The Balaban J connectivity index is 2.25. The van der Waals surface area contributed by atoms with Crippen molar-refractivity contribution in [2.45, 2.75) is 20.4 Å². The number of nitrogens with two attached hydrogens (primary N) is 1. The first kappa shape index (κ1) is 13.4. The van der Waals surface area contributed by atoms with Gasteiger partial charge in [0, 0.05) is 17.3 Å². The van der Waals surface area contributed by atoms with E-state index in [1.807, 2.05) is 19.9 Å². The smallest absolute Gasteiger partial charge is 0.276 e. The second kappa shape index (κ2) is 5.32. The van der Waals surface area contributed by atoms with Crippen molar-refractivity contribution in [3.8, 4) is 0 Å². The van der Waals surface area contributed by atoms with Gasteiger partial charge in [0.25, 0.3) is 5.91 Å². The quantitative estimate of drug-likeness (QED) is 0.907. The van der Waals surface area contributed by atoms with E-state index < -0.39 is 0 Å². The van der Waals surface area contributed by atoms with Gasteiger partial charge in [-0.3, -0.25) is 9.48 Å². The number of benzene rings is 1. The van der Waals surface area contributed by atoms with Crippen LogP contribution in [0.25, 0.3) is 0 Å². The summed E-state index contributed by atoms with van der Waals surface area (Å²) in [6.07, 6.45) is 1.47. The molecule has 0 saturated carbocycles. The van der Waals surface area contributed by atoms with Crippen LogP contribution in [0, 0.1) is 6.92 Å². The van der Waals surface area contributed by atoms with Crippen LogP contribution in [0.15, 0.2) is 24.4 Å². The number of carbonyl (C=O) groups is 1. The Bertz CT molecular complexity index is 621. The molecule has 0 aliphatic heterocycles. The molecule has 1 amide bonds. The van der Waals surface area contributed by atoms with Gasteiger partial charge < -0.3 is 11.1 Å². The lowest BCUT2D eigenvalue weighted by molar-refractivity contribution is 0.101. The first-order valence-electron chi connectivity index (χ1n) is 5.91. The van der Waals surface area contributed by atoms with E-state index in [0.29, 0.717) is 28.6 Å². The summed E-state index contributed by atoms with van der Waals surface area (Å²) in [6, 6.07) is 5.35. The highest BCUT2D eigenvalue weighted by Gasteiger charge is 2.16. The van der Waals surface area contributed by atoms with Gasteiger partial charge in [-0.25, -0.2) is 0 Å². The summed E-state index contributed by atoms with van der Waals surface area (Å²) in [5.41, 5.74) is 8.06. The molecule has 0 atom stereocenters. The second-order valence-electron chi connectivity index (χ2n) is 4.18. The number of nitrogens with zero attached hydrogens (tertiary/aromatic N) is 2. The highest BCUT2D eigenvalue weighted by atomic mass is 35.5. The Kier molecular flexibility index (Phi) is 3.76. The minimum Gasteiger partial charge on any atom is -0.396 e. The number of aromatic nitrogens is 2. The Morgan fingerprint density at radius 1 is 1.53 bits per heavy atom. The van der Waals surface area contributed by atoms with Crippen molar-refractivity contribution in [1.29, 1.82) is 0 Å². The Morgan fingerprint density at radius 3 is 2.89 bits per heavy atom. The number of halogens is 1. The molecule has 0 spiro atoms. The summed E-state index contributed by atoms with van der Waals surface area (Å²) >= 11 is 6.02. The molecule has 1 heterocycles. The van der Waals surface area contributed by atoms with Crippen LogP contribution in [0.3, 0.4) is 0 Å². The van der Waals surface area contributed by atoms with Gasteiger partial charge in [-0.05, 0) is 31.5 Å². The average Bonchev–Trinajstić information content (AvgIpc) is 2.75. The van der Waals surface area contributed by atoms with Crippen LogP contribution in [-0.4, -0.2) is 15.7 Å². The van der Waals surface area contributed by atoms with Gasteiger partial charge in [-0.2, -0.15) is 5.10 Å². The molecule has 2 rings (SSSR count). The van der Waals surface area contributed by atoms with E-state index in [-0.39, 0.29) is 5.91 Å². The van der Waals surface area contributed by atoms with Crippen molar-refractivity contribution in [1.82, 2.24) is 9.78 Å². The number of anilines is 2. The van der Waals surface area contributed by atoms with E-state index in [0.717, 1.165) is 5.56 Å². The van der Waals surface area contributed by atoms with Crippen LogP contribution in [0.1, 0.15) is 23.0 Å². The summed E-state index contributed by atoms with van der Waals surface area (Å²) in [6.45, 7) is 4.37. The molecule has 1 aromatic heterocycles. The monoisotopic (exact) mass is 278 g/mol. The van der Waals surface area contributed by atoms with E-state index in [1.165, 1.54) is 6.20 Å². The molecular formula is C13H15ClN4O. The van der Waals surface area contributed by atoms with Gasteiger partial charge in [0.05, 0.1) is 11.9 Å². The van der Waals surface area contributed by atoms with Gasteiger partial charge in [0.2, 0.25) is 0 Å². The fourth-order valence-electron chi connectivity index (χ4n) is 1.75. The van der Waals surface area contributed by atoms with Gasteiger partial charge in [-0.1, -0.05) is 17.7 Å². The molecule has 0 aliphatic rings. The van der Waals surface area contributed by atoms with E-state index in [4.69, 9.17) is 17.3 Å². The topological polar surface area (TPSA) is 72.9 Å². The van der Waals surface area contributed by atoms with Crippen LogP contribution >= 0.6 is 11.6 Å². The van der Waals surface area contributed by atoms with Gasteiger partial charge in [0.1, 0.15) is 5.69 Å². The van der Waals surface area contributed by atoms with Crippen LogP contribution < -0.4 is 11.1 Å². The summed E-state index contributed by atoms with van der Waals surface area (Å²) in [5, 5.41) is 7.40. The van der Waals surface area contributed by atoms with Gasteiger partial charge >= 0.3 is 0 Å². The summed E-state index contributed by atoms with van der Waals surface area (Å²) < 4.78 is 1.56. The normalized spacial score (nSPS) is 10.5. The maximum atomic E-state index is 12.2. The van der Waals surface area contributed by atoms with Gasteiger partial charge in [-0.15, -0.1) is 0 Å². The third-order valence-electron chi connectivity index (χ3n) is 2.81. The molecule has 0 radical (unpaired) electrons. The number of aryl methyl sites for hydroxylation is 2. The molecule has 3 N–H and O–H groups in total. The van der Waals surface area contributed by atoms with Crippen molar-refractivity contribution in [2.75, 3.05) is 11.1 Å². The minimum atomic E-state index is -0.295. The fraction of sp³-hybridized carbons (Fsp3) is 0.231. The summed E-state index contributed by atoms with van der Waals surface area (Å²) in [5.74, 6) is -0.295. The number of amides is 1. The third kappa shape index (κ3) is 2.71. The third-order valence-corrected chi connectivity index (χ3v) is 3.22. The standard InChI is InChI=1S/C13H15ClN4O/c1-3-18-12(11(15)7-16-18)13(19)17-9-5-4-8(2)10(14)6-9/h4-7H,3,15H2,1-2H3,(H,17,19). The molecule has 0 fully saturated rings. The number of hydrogen-bond acceptors (Lipinski definition) is 3. The number of hydrogen-bond donors (Lipinski definition) is 2. The zero-order chi connectivity index (χ0) is 14.0. The Hall–Kier alpha value is -2.01. The van der Waals surface area contributed by atoms with Crippen molar-refractivity contribution in [2.24, 2.45) is 0 Å². The van der Waals surface area contributed by atoms with E-state index in [2.05, 4.69) is 10.4 Å². The maximum absolute atomic E-state index is 12.2. The molecule has 0 aliphatic carbocycles. The maximum Gasteiger partial charge on any atom is 0.276 e. The van der Waals surface area contributed by atoms with E-state index >= 15 is 0 Å². The SMILES string of the molecule is CCn1ncc(N)c1C(=O)Nc1ccc(C)c(Cl)c1. The highest BCUT2D eigenvalue weighted by Crippen LogP contribution is 2.21. The van der Waals surface area contributed by atoms with Crippen LogP contribution in [0.2, 0.25) is 5.02 Å². The number of nitrogens with one attached hydrogen (secondary N) is 1. The number of carbonyl (C=O) groups excluding carboxylic acids is 1. The molecule has 0 bridgehead atoms. The fourth-order valence-corrected chi connectivity index (χ4v) is 1.93. The lowest BCUT2D eigenvalue weighted by atomic mass is 10.2. The van der Waals surface area contributed by atoms with E-state index in [9.17, 15) is 4.79 Å². The first-order valence-corrected chi connectivity index (χ1v) is 6.29. The molecule has 1 aromatic carbocycles. The number of nitrogen functional groups attached to an aromatic ring is 1. The highest BCUT2D eigenvalue weighted by molar-refractivity contribution is 6.31. The number of rotatable bonds is 3. The zero-order valence-electron chi connectivity index (χ0n) is 10.8. The second-order valence-corrected chi connectivity index (χ2v) is 4.59. The molecule has 0 saturated heterocycles. The lowest BCUT2D eigenvalue weighted by Gasteiger charge is -2.08. The largest absolute Gasteiger partial charge is 0.396 e. The molecular weight excluding hydrogens is 264 g/mol. The van der Waals surface area contributed by atoms with Crippen LogP contribution in [0.5, 0.6) is 0 Å². The summed E-state index contributed by atoms with van der Waals surface area (Å²) in [4.78, 5) is 12.2. The Labute approximate surface area is 116 Å². The molecule has 100 valence electrons. The van der Waals surface area contributed by atoms with Crippen LogP contribution in [0.4, 0.5) is 11.4 Å². The van der Waals surface area contributed by atoms with Crippen LogP contribution in [-0.2, 0) is 6.54 Å². The van der Waals surface area contributed by atoms with E-state index in [1.54, 1.807) is 16.8 Å². The van der Waals surface area contributed by atoms with Gasteiger partial charge in [0.15, 0.2) is 0 Å². The first-order chi connectivity index (χ1) is 9.02. The van der Waals surface area contributed by atoms with Crippen molar-refractivity contribution >= 4 is 28.9 Å².